The van der Waals surface area contributed by atoms with Crippen LogP contribution < -0.4 is 10.5 Å². The minimum absolute atomic E-state index is 0.119. The van der Waals surface area contributed by atoms with Crippen LogP contribution in [0.2, 0.25) is 0 Å². The SMILES string of the molecule is O=c1ccc2ccc(C(O)CCCN3CCN(c4cccc5c4sc4ccccc45)CC3)cc2[nH]1. The van der Waals surface area contributed by atoms with Crippen molar-refractivity contribution in [1.29, 1.82) is 0 Å². The highest BCUT2D eigenvalue weighted by Crippen LogP contribution is 2.39. The van der Waals surface area contributed by atoms with Crippen molar-refractivity contribution < 1.29 is 5.11 Å². The summed E-state index contributed by atoms with van der Waals surface area (Å²) in [5.41, 5.74) is 2.87. The van der Waals surface area contributed by atoms with E-state index in [0.29, 0.717) is 6.42 Å². The zero-order valence-corrected chi connectivity index (χ0v) is 20.4. The number of aromatic nitrogens is 1. The van der Waals surface area contributed by atoms with Crippen molar-refractivity contribution in [2.45, 2.75) is 18.9 Å². The number of fused-ring (bicyclic) bond motifs is 4. The van der Waals surface area contributed by atoms with Gasteiger partial charge in [-0.2, -0.15) is 0 Å². The van der Waals surface area contributed by atoms with E-state index in [-0.39, 0.29) is 5.56 Å². The van der Waals surface area contributed by atoms with Gasteiger partial charge in [0.05, 0.1) is 16.5 Å². The first-order valence-electron chi connectivity index (χ1n) is 12.3. The molecule has 0 spiro atoms. The van der Waals surface area contributed by atoms with Crippen molar-refractivity contribution in [2.24, 2.45) is 0 Å². The summed E-state index contributed by atoms with van der Waals surface area (Å²) in [5.74, 6) is 0. The first kappa shape index (κ1) is 22.3. The van der Waals surface area contributed by atoms with E-state index in [1.165, 1.54) is 31.9 Å². The highest BCUT2D eigenvalue weighted by Gasteiger charge is 2.20. The maximum absolute atomic E-state index is 11.6. The Labute approximate surface area is 208 Å². The van der Waals surface area contributed by atoms with E-state index in [4.69, 9.17) is 0 Å². The molecule has 178 valence electrons. The lowest BCUT2D eigenvalue weighted by Crippen LogP contribution is -2.46. The summed E-state index contributed by atoms with van der Waals surface area (Å²) in [4.78, 5) is 19.5. The van der Waals surface area contributed by atoms with E-state index >= 15 is 0 Å². The predicted molar refractivity (Wildman–Crippen MR) is 147 cm³/mol. The van der Waals surface area contributed by atoms with E-state index in [0.717, 1.165) is 55.6 Å². The molecule has 3 aromatic carbocycles. The van der Waals surface area contributed by atoms with Crippen LogP contribution in [-0.4, -0.2) is 47.7 Å². The molecule has 6 heteroatoms. The molecule has 5 nitrogen and oxygen atoms in total. The predicted octanol–water partition coefficient (Wildman–Crippen LogP) is 5.53. The second-order valence-corrected chi connectivity index (χ2v) is 10.5. The van der Waals surface area contributed by atoms with Crippen molar-refractivity contribution in [3.8, 4) is 0 Å². The van der Waals surface area contributed by atoms with Crippen LogP contribution in [0.5, 0.6) is 0 Å². The third kappa shape index (κ3) is 4.45. The molecule has 0 aliphatic carbocycles. The van der Waals surface area contributed by atoms with Gasteiger partial charge in [-0.3, -0.25) is 9.69 Å². The molecule has 1 fully saturated rings. The lowest BCUT2D eigenvalue weighted by molar-refractivity contribution is 0.154. The molecule has 6 rings (SSSR count). The number of anilines is 1. The van der Waals surface area contributed by atoms with Crippen LogP contribution in [0.4, 0.5) is 5.69 Å². The fourth-order valence-electron chi connectivity index (χ4n) is 5.24. The molecule has 0 radical (unpaired) electrons. The van der Waals surface area contributed by atoms with Crippen molar-refractivity contribution in [1.82, 2.24) is 9.88 Å². The van der Waals surface area contributed by atoms with E-state index in [1.807, 2.05) is 35.6 Å². The molecule has 1 aliphatic rings. The Hall–Kier alpha value is -3.19. The molecule has 1 atom stereocenters. The van der Waals surface area contributed by atoms with Crippen molar-refractivity contribution >= 4 is 48.1 Å². The Bertz CT molecular complexity index is 1550. The van der Waals surface area contributed by atoms with Gasteiger partial charge >= 0.3 is 0 Å². The molecule has 35 heavy (non-hydrogen) atoms. The summed E-state index contributed by atoms with van der Waals surface area (Å²) in [6, 6.07) is 24.5. The Balaban J connectivity index is 1.05. The molecule has 0 bridgehead atoms. The maximum atomic E-state index is 11.6. The third-order valence-corrected chi connectivity index (χ3v) is 8.39. The summed E-state index contributed by atoms with van der Waals surface area (Å²) in [7, 11) is 0. The lowest BCUT2D eigenvalue weighted by Gasteiger charge is -2.36. The van der Waals surface area contributed by atoms with E-state index in [2.05, 4.69) is 57.2 Å². The van der Waals surface area contributed by atoms with Gasteiger partial charge in [-0.15, -0.1) is 11.3 Å². The highest BCUT2D eigenvalue weighted by atomic mass is 32.1. The van der Waals surface area contributed by atoms with Gasteiger partial charge in [0.25, 0.3) is 0 Å². The van der Waals surface area contributed by atoms with E-state index in [9.17, 15) is 9.90 Å². The minimum Gasteiger partial charge on any atom is -0.388 e. The van der Waals surface area contributed by atoms with Gasteiger partial charge in [0.15, 0.2) is 0 Å². The van der Waals surface area contributed by atoms with Crippen LogP contribution in [0.25, 0.3) is 31.1 Å². The molecule has 5 aromatic rings. The molecule has 2 N–H and O–H groups in total. The fourth-order valence-corrected chi connectivity index (χ4v) is 6.49. The number of aliphatic hydroxyl groups is 1. The largest absolute Gasteiger partial charge is 0.388 e. The van der Waals surface area contributed by atoms with Gasteiger partial charge in [0, 0.05) is 53.2 Å². The van der Waals surface area contributed by atoms with Crippen LogP contribution >= 0.6 is 11.3 Å². The fraction of sp³-hybridized carbons (Fsp3) is 0.276. The normalized spacial score (nSPS) is 15.9. The van der Waals surface area contributed by atoms with Crippen molar-refractivity contribution in [3.05, 3.63) is 88.7 Å². The number of thiophene rings is 1. The number of benzene rings is 3. The average molecular weight is 484 g/mol. The summed E-state index contributed by atoms with van der Waals surface area (Å²) in [6.45, 7) is 5.10. The smallest absolute Gasteiger partial charge is 0.248 e. The van der Waals surface area contributed by atoms with Crippen LogP contribution in [0.1, 0.15) is 24.5 Å². The number of hydrogen-bond acceptors (Lipinski definition) is 5. The van der Waals surface area contributed by atoms with E-state index in [1.54, 1.807) is 0 Å². The number of piperazine rings is 1. The second-order valence-electron chi connectivity index (χ2n) is 9.41. The quantitative estimate of drug-likeness (QED) is 0.333. The van der Waals surface area contributed by atoms with Gasteiger partial charge in [0.2, 0.25) is 5.56 Å². The second kappa shape index (κ2) is 9.46. The number of aromatic amines is 1. The van der Waals surface area contributed by atoms with Crippen LogP contribution in [0.3, 0.4) is 0 Å². The molecular formula is C29H29N3O2S. The Kier molecular flexibility index (Phi) is 6.02. The van der Waals surface area contributed by atoms with E-state index < -0.39 is 6.10 Å². The van der Waals surface area contributed by atoms with Crippen molar-refractivity contribution in [3.63, 3.8) is 0 Å². The molecule has 0 saturated carbocycles. The molecular weight excluding hydrogens is 454 g/mol. The Morgan fingerprint density at radius 1 is 0.914 bits per heavy atom. The lowest BCUT2D eigenvalue weighted by atomic mass is 10.0. The summed E-state index contributed by atoms with van der Waals surface area (Å²) < 4.78 is 2.74. The minimum atomic E-state index is -0.519. The molecule has 1 aliphatic heterocycles. The number of rotatable bonds is 6. The molecule has 0 amide bonds. The van der Waals surface area contributed by atoms with Gasteiger partial charge in [0.1, 0.15) is 0 Å². The summed E-state index contributed by atoms with van der Waals surface area (Å²) in [5, 5.41) is 14.4. The van der Waals surface area contributed by atoms with Gasteiger partial charge in [-0.1, -0.05) is 42.5 Å². The number of nitrogens with zero attached hydrogens (tertiary/aromatic N) is 2. The van der Waals surface area contributed by atoms with Gasteiger partial charge in [-0.05, 0) is 54.6 Å². The summed E-state index contributed by atoms with van der Waals surface area (Å²) >= 11 is 1.90. The monoisotopic (exact) mass is 483 g/mol. The summed E-state index contributed by atoms with van der Waals surface area (Å²) in [6.07, 6.45) is 1.13. The highest BCUT2D eigenvalue weighted by molar-refractivity contribution is 7.26. The maximum Gasteiger partial charge on any atom is 0.248 e. The first-order chi connectivity index (χ1) is 17.2. The van der Waals surface area contributed by atoms with Gasteiger partial charge < -0.3 is 15.0 Å². The molecule has 3 heterocycles. The topological polar surface area (TPSA) is 59.6 Å². The van der Waals surface area contributed by atoms with Crippen LogP contribution in [0.15, 0.2) is 77.6 Å². The molecule has 2 aromatic heterocycles. The first-order valence-corrected chi connectivity index (χ1v) is 13.2. The number of nitrogens with one attached hydrogen (secondary N) is 1. The zero-order chi connectivity index (χ0) is 23.8. The van der Waals surface area contributed by atoms with Crippen molar-refractivity contribution in [2.75, 3.05) is 37.6 Å². The number of H-pyrrole nitrogens is 1. The standard InChI is InChI=1S/C29H29N3O2S/c33-26(21-11-10-20-12-13-28(34)30-24(20)19-21)8-4-14-31-15-17-32(18-16-31)25-7-3-6-23-22-5-1-2-9-27(22)35-29(23)25/h1-3,5-7,9-13,19,26,33H,4,8,14-18H2,(H,30,34). The Morgan fingerprint density at radius 3 is 2.60 bits per heavy atom. The van der Waals surface area contributed by atoms with Crippen LogP contribution in [0, 0.1) is 0 Å². The average Bonchev–Trinajstić information content (AvgIpc) is 3.27. The third-order valence-electron chi connectivity index (χ3n) is 7.18. The number of aliphatic hydroxyl groups excluding tert-OH is 1. The molecule has 1 unspecified atom stereocenters. The number of pyridine rings is 1. The molecule has 1 saturated heterocycles. The zero-order valence-electron chi connectivity index (χ0n) is 19.6. The Morgan fingerprint density at radius 2 is 1.71 bits per heavy atom. The number of hydrogen-bond donors (Lipinski definition) is 2. The van der Waals surface area contributed by atoms with Crippen LogP contribution in [-0.2, 0) is 0 Å². The van der Waals surface area contributed by atoms with Gasteiger partial charge in [-0.25, -0.2) is 0 Å².